The zero-order valence-electron chi connectivity index (χ0n) is 12.4. The number of aryl methyl sites for hydroxylation is 2. The lowest BCUT2D eigenvalue weighted by Crippen LogP contribution is -2.22. The number of nitrogens with two attached hydrogens (primary N) is 1. The molecule has 0 radical (unpaired) electrons. The summed E-state index contributed by atoms with van der Waals surface area (Å²) in [6.45, 7) is 4.10. The molecule has 0 heterocycles. The lowest BCUT2D eigenvalue weighted by Gasteiger charge is -2.16. The van der Waals surface area contributed by atoms with E-state index in [4.69, 9.17) is 5.73 Å². The van der Waals surface area contributed by atoms with Crippen LogP contribution in [0.3, 0.4) is 0 Å². The van der Waals surface area contributed by atoms with Gasteiger partial charge in [0.05, 0.1) is 10.6 Å². The Kier molecular flexibility index (Phi) is 4.80. The third kappa shape index (κ3) is 3.71. The van der Waals surface area contributed by atoms with Crippen molar-refractivity contribution in [1.82, 2.24) is 0 Å². The SMILES string of the molecule is Cc1ccc(S(=O)(=O)CC(CN)c2ccccc2)c(C)c1. The highest BCUT2D eigenvalue weighted by molar-refractivity contribution is 7.91. The van der Waals surface area contributed by atoms with Crippen LogP contribution in [0, 0.1) is 13.8 Å². The number of rotatable bonds is 5. The second kappa shape index (κ2) is 6.41. The summed E-state index contributed by atoms with van der Waals surface area (Å²) in [7, 11) is -3.35. The second-order valence-electron chi connectivity index (χ2n) is 5.39. The second-order valence-corrected chi connectivity index (χ2v) is 7.40. The first-order chi connectivity index (χ1) is 9.94. The predicted molar refractivity (Wildman–Crippen MR) is 86.2 cm³/mol. The van der Waals surface area contributed by atoms with Crippen molar-refractivity contribution in [1.29, 1.82) is 0 Å². The van der Waals surface area contributed by atoms with Gasteiger partial charge in [0.15, 0.2) is 9.84 Å². The van der Waals surface area contributed by atoms with E-state index >= 15 is 0 Å². The van der Waals surface area contributed by atoms with Crippen molar-refractivity contribution in [2.45, 2.75) is 24.7 Å². The van der Waals surface area contributed by atoms with E-state index in [1.165, 1.54) is 0 Å². The van der Waals surface area contributed by atoms with Gasteiger partial charge in [-0.25, -0.2) is 8.42 Å². The van der Waals surface area contributed by atoms with Crippen molar-refractivity contribution in [2.75, 3.05) is 12.3 Å². The molecule has 0 bridgehead atoms. The van der Waals surface area contributed by atoms with E-state index in [1.807, 2.05) is 56.3 Å². The summed E-state index contributed by atoms with van der Waals surface area (Å²) in [6.07, 6.45) is 0. The van der Waals surface area contributed by atoms with Crippen LogP contribution in [0.2, 0.25) is 0 Å². The van der Waals surface area contributed by atoms with Gasteiger partial charge in [0.2, 0.25) is 0 Å². The summed E-state index contributed by atoms with van der Waals surface area (Å²) < 4.78 is 25.3. The van der Waals surface area contributed by atoms with Crippen molar-refractivity contribution in [3.8, 4) is 0 Å². The average molecular weight is 303 g/mol. The molecule has 2 aromatic carbocycles. The fourth-order valence-electron chi connectivity index (χ4n) is 2.53. The maximum absolute atomic E-state index is 12.7. The Morgan fingerprint density at radius 1 is 1.05 bits per heavy atom. The van der Waals surface area contributed by atoms with E-state index in [-0.39, 0.29) is 11.7 Å². The van der Waals surface area contributed by atoms with Crippen LogP contribution in [0.1, 0.15) is 22.6 Å². The maximum Gasteiger partial charge on any atom is 0.179 e. The normalized spacial score (nSPS) is 13.1. The summed E-state index contributed by atoms with van der Waals surface area (Å²) in [5.74, 6) is -0.144. The Balaban J connectivity index is 2.32. The minimum atomic E-state index is -3.35. The number of sulfone groups is 1. The van der Waals surface area contributed by atoms with E-state index in [2.05, 4.69) is 0 Å². The number of hydrogen-bond acceptors (Lipinski definition) is 3. The molecule has 2 rings (SSSR count). The molecule has 1 atom stereocenters. The van der Waals surface area contributed by atoms with Gasteiger partial charge < -0.3 is 5.73 Å². The highest BCUT2D eigenvalue weighted by Crippen LogP contribution is 2.24. The quantitative estimate of drug-likeness (QED) is 0.924. The van der Waals surface area contributed by atoms with Crippen molar-refractivity contribution in [3.05, 3.63) is 65.2 Å². The number of hydrogen-bond donors (Lipinski definition) is 1. The molecule has 0 aromatic heterocycles. The van der Waals surface area contributed by atoms with Gasteiger partial charge in [-0.1, -0.05) is 48.0 Å². The Bertz CT molecular complexity index is 709. The van der Waals surface area contributed by atoms with E-state index in [1.54, 1.807) is 6.07 Å². The average Bonchev–Trinajstić information content (AvgIpc) is 2.45. The van der Waals surface area contributed by atoms with Gasteiger partial charge in [0, 0.05) is 12.5 Å². The molecule has 1 unspecified atom stereocenters. The lowest BCUT2D eigenvalue weighted by molar-refractivity contribution is 0.587. The third-order valence-electron chi connectivity index (χ3n) is 3.64. The summed E-state index contributed by atoms with van der Waals surface area (Å²) in [6, 6.07) is 15.0. The van der Waals surface area contributed by atoms with Crippen molar-refractivity contribution in [3.63, 3.8) is 0 Å². The smallest absolute Gasteiger partial charge is 0.179 e. The predicted octanol–water partition coefficient (Wildman–Crippen LogP) is 2.82. The molecule has 4 heteroatoms. The molecule has 0 aliphatic rings. The molecule has 0 aliphatic heterocycles. The Morgan fingerprint density at radius 3 is 2.29 bits per heavy atom. The molecule has 0 saturated heterocycles. The van der Waals surface area contributed by atoms with Gasteiger partial charge >= 0.3 is 0 Å². The first kappa shape index (κ1) is 15.7. The molecular weight excluding hydrogens is 282 g/mol. The zero-order valence-corrected chi connectivity index (χ0v) is 13.2. The monoisotopic (exact) mass is 303 g/mol. The van der Waals surface area contributed by atoms with Crippen molar-refractivity contribution in [2.24, 2.45) is 5.73 Å². The largest absolute Gasteiger partial charge is 0.330 e. The molecule has 0 spiro atoms. The summed E-state index contributed by atoms with van der Waals surface area (Å²) >= 11 is 0. The van der Waals surface area contributed by atoms with Crippen LogP contribution in [0.5, 0.6) is 0 Å². The zero-order chi connectivity index (χ0) is 15.5. The molecule has 2 aromatic rings. The van der Waals surface area contributed by atoms with Crippen LogP contribution in [0.4, 0.5) is 0 Å². The van der Waals surface area contributed by atoms with Crippen LogP contribution >= 0.6 is 0 Å². The fraction of sp³-hybridized carbons (Fsp3) is 0.294. The van der Waals surface area contributed by atoms with Gasteiger partial charge in [-0.2, -0.15) is 0 Å². The van der Waals surface area contributed by atoms with Crippen LogP contribution in [0.15, 0.2) is 53.4 Å². The van der Waals surface area contributed by atoms with Crippen molar-refractivity contribution >= 4 is 9.84 Å². The van der Waals surface area contributed by atoms with E-state index in [0.29, 0.717) is 11.4 Å². The molecule has 112 valence electrons. The molecule has 0 saturated carbocycles. The van der Waals surface area contributed by atoms with E-state index in [0.717, 1.165) is 16.7 Å². The third-order valence-corrected chi connectivity index (χ3v) is 5.61. The molecule has 0 fully saturated rings. The fourth-order valence-corrected chi connectivity index (χ4v) is 4.39. The summed E-state index contributed by atoms with van der Waals surface area (Å²) in [4.78, 5) is 0.405. The Hall–Kier alpha value is -1.65. The highest BCUT2D eigenvalue weighted by atomic mass is 32.2. The minimum Gasteiger partial charge on any atom is -0.330 e. The molecule has 3 nitrogen and oxygen atoms in total. The van der Waals surface area contributed by atoms with Gasteiger partial charge in [0.1, 0.15) is 0 Å². The Morgan fingerprint density at radius 2 is 1.71 bits per heavy atom. The van der Waals surface area contributed by atoms with E-state index < -0.39 is 9.84 Å². The minimum absolute atomic E-state index is 0.0391. The topological polar surface area (TPSA) is 60.2 Å². The van der Waals surface area contributed by atoms with Gasteiger partial charge in [0.25, 0.3) is 0 Å². The molecule has 0 aliphatic carbocycles. The molecule has 0 amide bonds. The molecular formula is C17H21NO2S. The highest BCUT2D eigenvalue weighted by Gasteiger charge is 2.23. The van der Waals surface area contributed by atoms with Crippen LogP contribution in [0.25, 0.3) is 0 Å². The summed E-state index contributed by atoms with van der Waals surface area (Å²) in [5.41, 5.74) is 8.60. The molecule has 21 heavy (non-hydrogen) atoms. The van der Waals surface area contributed by atoms with Gasteiger partial charge in [-0.3, -0.25) is 0 Å². The maximum atomic E-state index is 12.7. The number of benzene rings is 2. The first-order valence-corrected chi connectivity index (χ1v) is 8.64. The summed E-state index contributed by atoms with van der Waals surface area (Å²) in [5, 5.41) is 0. The van der Waals surface area contributed by atoms with Crippen LogP contribution in [-0.4, -0.2) is 20.7 Å². The Labute approximate surface area is 126 Å². The van der Waals surface area contributed by atoms with Crippen LogP contribution in [-0.2, 0) is 9.84 Å². The van der Waals surface area contributed by atoms with Gasteiger partial charge in [-0.15, -0.1) is 0 Å². The van der Waals surface area contributed by atoms with E-state index in [9.17, 15) is 8.42 Å². The molecule has 2 N–H and O–H groups in total. The van der Waals surface area contributed by atoms with Crippen LogP contribution < -0.4 is 5.73 Å². The van der Waals surface area contributed by atoms with Crippen molar-refractivity contribution < 1.29 is 8.42 Å². The first-order valence-electron chi connectivity index (χ1n) is 6.99. The standard InChI is InChI=1S/C17H21NO2S/c1-13-8-9-17(14(2)10-13)21(19,20)12-16(11-18)15-6-4-3-5-7-15/h3-10,16H,11-12,18H2,1-2H3. The van der Waals surface area contributed by atoms with Gasteiger partial charge in [-0.05, 0) is 31.0 Å². The lowest BCUT2D eigenvalue weighted by atomic mass is 10.0.